The molecule has 0 spiro atoms. The molecule has 2 fully saturated rings. The minimum Gasteiger partial charge on any atom is -0.484 e. The Morgan fingerprint density at radius 2 is 1.74 bits per heavy atom. The van der Waals surface area contributed by atoms with E-state index in [0.29, 0.717) is 24.0 Å². The first-order valence-corrected chi connectivity index (χ1v) is 19.5. The molecule has 3 atom stereocenters. The summed E-state index contributed by atoms with van der Waals surface area (Å²) in [6.45, 7) is 12.7. The number of rotatable bonds is 10. The number of benzene rings is 2. The lowest BCUT2D eigenvalue weighted by Gasteiger charge is -2.33. The second-order valence-corrected chi connectivity index (χ2v) is 16.0. The molecule has 11 heteroatoms. The number of nitrogens with one attached hydrogen (secondary N) is 3. The molecular formula is C42H55N9O2. The summed E-state index contributed by atoms with van der Waals surface area (Å²) < 4.78 is 8.72. The van der Waals surface area contributed by atoms with Crippen LogP contribution in [0.5, 0.6) is 5.75 Å². The molecule has 280 valence electrons. The fourth-order valence-electron chi connectivity index (χ4n) is 7.81. The number of fused-ring (bicyclic) bond motifs is 2. The van der Waals surface area contributed by atoms with Gasteiger partial charge in [0.05, 0.1) is 17.9 Å². The molecule has 3 aliphatic rings. The van der Waals surface area contributed by atoms with Gasteiger partial charge in [0, 0.05) is 31.3 Å². The smallest absolute Gasteiger partial charge is 0.320 e. The molecule has 3 N–H and O–H groups in total. The van der Waals surface area contributed by atoms with Gasteiger partial charge in [-0.25, -0.2) is 9.79 Å². The van der Waals surface area contributed by atoms with Crippen LogP contribution < -0.4 is 20.3 Å². The Balaban J connectivity index is 1.05. The number of urea groups is 1. The molecular weight excluding hydrogens is 663 g/mol. The van der Waals surface area contributed by atoms with Crippen molar-refractivity contribution in [1.29, 1.82) is 5.41 Å². The van der Waals surface area contributed by atoms with E-state index < -0.39 is 0 Å². The van der Waals surface area contributed by atoms with Crippen molar-refractivity contribution in [3.63, 3.8) is 0 Å². The topological polar surface area (TPSA) is 123 Å². The van der Waals surface area contributed by atoms with E-state index in [9.17, 15) is 4.79 Å². The number of anilines is 1. The quantitative estimate of drug-likeness (QED) is 0.112. The summed E-state index contributed by atoms with van der Waals surface area (Å²) in [7, 11) is 0. The van der Waals surface area contributed by atoms with Crippen molar-refractivity contribution in [3.8, 4) is 5.75 Å². The number of likely N-dealkylation sites (tertiary alicyclic amines) is 1. The lowest BCUT2D eigenvalue weighted by molar-refractivity contribution is 0.171. The molecule has 1 aliphatic carbocycles. The zero-order valence-electron chi connectivity index (χ0n) is 31.8. The van der Waals surface area contributed by atoms with Crippen molar-refractivity contribution in [2.24, 2.45) is 10.4 Å². The average Bonchev–Trinajstić information content (AvgIpc) is 3.82. The van der Waals surface area contributed by atoms with E-state index in [1.807, 2.05) is 67.8 Å². The largest absolute Gasteiger partial charge is 0.484 e. The predicted molar refractivity (Wildman–Crippen MR) is 212 cm³/mol. The van der Waals surface area contributed by atoms with Crippen molar-refractivity contribution in [3.05, 3.63) is 83.6 Å². The van der Waals surface area contributed by atoms with Gasteiger partial charge < -0.3 is 25.3 Å². The van der Waals surface area contributed by atoms with E-state index in [-0.39, 0.29) is 30.0 Å². The van der Waals surface area contributed by atoms with Gasteiger partial charge in [-0.2, -0.15) is 0 Å². The first-order valence-electron chi connectivity index (χ1n) is 19.5. The van der Waals surface area contributed by atoms with Gasteiger partial charge in [-0.15, -0.1) is 10.2 Å². The van der Waals surface area contributed by atoms with Gasteiger partial charge in [0.25, 0.3) is 0 Å². The third kappa shape index (κ3) is 8.89. The number of piperidine rings is 1. The number of amidine groups is 1. The average molecular weight is 718 g/mol. The Morgan fingerprint density at radius 3 is 2.53 bits per heavy atom. The molecule has 0 radical (unpaired) electrons. The predicted octanol–water partition coefficient (Wildman–Crippen LogP) is 8.19. The fourth-order valence-corrected chi connectivity index (χ4v) is 7.81. The lowest BCUT2D eigenvalue weighted by atomic mass is 9.85. The Labute approximate surface area is 313 Å². The third-order valence-electron chi connectivity index (χ3n) is 11.0. The van der Waals surface area contributed by atoms with Crippen LogP contribution in [0.2, 0.25) is 0 Å². The minimum atomic E-state index is -0.347. The fraction of sp³-hybridized carbons (Fsp3) is 0.500. The van der Waals surface area contributed by atoms with Gasteiger partial charge in [0.2, 0.25) is 5.95 Å². The van der Waals surface area contributed by atoms with Gasteiger partial charge in [-0.05, 0) is 118 Å². The maximum atomic E-state index is 13.7. The Bertz CT molecular complexity index is 1940. The zero-order chi connectivity index (χ0) is 37.0. The Kier molecular flexibility index (Phi) is 11.1. The number of ether oxygens (including phenoxy) is 1. The Hall–Kier alpha value is -4.77. The monoisotopic (exact) mass is 717 g/mol. The van der Waals surface area contributed by atoms with Crippen LogP contribution >= 0.6 is 0 Å². The normalized spacial score (nSPS) is 21.0. The minimum absolute atomic E-state index is 0.166. The van der Waals surface area contributed by atoms with E-state index in [1.165, 1.54) is 37.9 Å². The van der Waals surface area contributed by atoms with Crippen LogP contribution in [-0.2, 0) is 6.42 Å². The maximum Gasteiger partial charge on any atom is 0.320 e. The molecule has 53 heavy (non-hydrogen) atoms. The second kappa shape index (κ2) is 16.1. The van der Waals surface area contributed by atoms with E-state index in [0.717, 1.165) is 72.9 Å². The number of nitrogens with zero attached hydrogens (tertiary/aromatic N) is 6. The van der Waals surface area contributed by atoms with Crippen LogP contribution in [0.1, 0.15) is 108 Å². The maximum absolute atomic E-state index is 13.7. The van der Waals surface area contributed by atoms with E-state index >= 15 is 0 Å². The van der Waals surface area contributed by atoms with Crippen LogP contribution in [0, 0.1) is 10.8 Å². The number of amides is 2. The van der Waals surface area contributed by atoms with Crippen molar-refractivity contribution in [2.75, 3.05) is 31.1 Å². The molecule has 2 saturated heterocycles. The highest BCUT2D eigenvalue weighted by Crippen LogP contribution is 2.39. The van der Waals surface area contributed by atoms with Crippen molar-refractivity contribution < 1.29 is 9.53 Å². The SMILES string of the molecule is CC1CCCCN1c1nnc2ccc(OC3CCC(NC(=O)NC(CC(=N)C(C)(C)C)=Nc4cccc(CCN5CCCC5)c4)c4ccccc43)cn12. The van der Waals surface area contributed by atoms with E-state index in [1.54, 1.807) is 0 Å². The highest BCUT2D eigenvalue weighted by Gasteiger charge is 2.30. The molecule has 0 bridgehead atoms. The summed E-state index contributed by atoms with van der Waals surface area (Å²) in [5.74, 6) is 2.09. The summed E-state index contributed by atoms with van der Waals surface area (Å²) in [6.07, 6.45) is 10.6. The van der Waals surface area contributed by atoms with Gasteiger partial charge in [-0.1, -0.05) is 57.2 Å². The highest BCUT2D eigenvalue weighted by atomic mass is 16.5. The molecule has 0 saturated carbocycles. The standard InChI is InChI=1S/C42H55N9O2/c1-29-12-7-8-24-50(29)41-48-47-39-20-17-32(28-51(39)41)53-36-19-18-35(33-15-5-6-16-34(33)36)45-40(52)46-38(27-37(43)42(2,3)4)44-31-14-11-13-30(26-31)21-25-49-22-9-10-23-49/h5-6,11,13-17,20,26,28-29,35-36,43H,7-10,12,18-19,21-25,27H2,1-4H3,(H2,44,45,46,52). The van der Waals surface area contributed by atoms with Crippen LogP contribution in [0.4, 0.5) is 16.4 Å². The number of carbonyl (C=O) groups excluding carboxylic acids is 1. The van der Waals surface area contributed by atoms with Crippen LogP contribution in [0.3, 0.4) is 0 Å². The molecule has 11 nitrogen and oxygen atoms in total. The van der Waals surface area contributed by atoms with Gasteiger partial charge >= 0.3 is 6.03 Å². The van der Waals surface area contributed by atoms with E-state index in [2.05, 4.69) is 61.8 Å². The molecule has 7 rings (SSSR count). The summed E-state index contributed by atoms with van der Waals surface area (Å²) in [4.78, 5) is 23.5. The van der Waals surface area contributed by atoms with Crippen LogP contribution in [-0.4, -0.2) is 69.3 Å². The van der Waals surface area contributed by atoms with Crippen LogP contribution in [0.25, 0.3) is 5.65 Å². The van der Waals surface area contributed by atoms with Crippen molar-refractivity contribution in [2.45, 2.75) is 104 Å². The number of hydrogen-bond donors (Lipinski definition) is 3. The second-order valence-electron chi connectivity index (χ2n) is 16.0. The Morgan fingerprint density at radius 1 is 0.943 bits per heavy atom. The first kappa shape index (κ1) is 36.6. The zero-order valence-corrected chi connectivity index (χ0v) is 31.8. The molecule has 3 unspecified atom stereocenters. The van der Waals surface area contributed by atoms with Gasteiger partial charge in [0.1, 0.15) is 17.7 Å². The van der Waals surface area contributed by atoms with Crippen LogP contribution in [0.15, 0.2) is 71.9 Å². The summed E-state index contributed by atoms with van der Waals surface area (Å²) in [5.41, 5.74) is 5.07. The van der Waals surface area contributed by atoms with Crippen molar-refractivity contribution in [1.82, 2.24) is 30.1 Å². The molecule has 4 aromatic rings. The van der Waals surface area contributed by atoms with Crippen molar-refractivity contribution >= 4 is 34.9 Å². The number of pyridine rings is 1. The highest BCUT2D eigenvalue weighted by molar-refractivity contribution is 6.09. The summed E-state index contributed by atoms with van der Waals surface area (Å²) >= 11 is 0. The summed E-state index contributed by atoms with van der Waals surface area (Å²) in [6, 6.07) is 20.3. The third-order valence-corrected chi connectivity index (χ3v) is 11.0. The molecule has 2 aliphatic heterocycles. The van der Waals surface area contributed by atoms with E-state index in [4.69, 9.17) is 15.1 Å². The molecule has 2 aromatic heterocycles. The molecule has 2 aromatic carbocycles. The number of carbonyl (C=O) groups is 1. The number of aromatic nitrogens is 3. The molecule has 2 amide bonds. The first-order chi connectivity index (χ1) is 25.6. The summed E-state index contributed by atoms with van der Waals surface area (Å²) in [5, 5.41) is 24.0. The van der Waals surface area contributed by atoms with Gasteiger partial charge in [0.15, 0.2) is 5.65 Å². The molecule has 4 heterocycles. The lowest BCUT2D eigenvalue weighted by Crippen LogP contribution is -2.43. The number of aliphatic imine (C=N–C) groups is 1. The number of hydrogen-bond acceptors (Lipinski definition) is 8. The van der Waals surface area contributed by atoms with Gasteiger partial charge in [-0.3, -0.25) is 9.72 Å².